The third-order valence-corrected chi connectivity index (χ3v) is 4.84. The molecule has 126 valence electrons. The summed E-state index contributed by atoms with van der Waals surface area (Å²) in [5.41, 5.74) is 3.67. The minimum absolute atomic E-state index is 0.0273. The van der Waals surface area contributed by atoms with Crippen LogP contribution in [0.25, 0.3) is 5.69 Å². The lowest BCUT2D eigenvalue weighted by molar-refractivity contribution is -0.117. The Morgan fingerprint density at radius 1 is 1.28 bits per heavy atom. The lowest BCUT2D eigenvalue weighted by Crippen LogP contribution is -2.15. The minimum Gasteiger partial charge on any atom is -0.326 e. The maximum absolute atomic E-state index is 12.5. The average Bonchev–Trinajstić information content (AvgIpc) is 3.21. The van der Waals surface area contributed by atoms with Crippen LogP contribution in [0, 0.1) is 12.8 Å². The molecule has 7 heteroatoms. The summed E-state index contributed by atoms with van der Waals surface area (Å²) in [5.74, 6) is 0.203. The van der Waals surface area contributed by atoms with Crippen molar-refractivity contribution in [2.24, 2.45) is 5.92 Å². The van der Waals surface area contributed by atoms with Gasteiger partial charge >= 0.3 is 0 Å². The van der Waals surface area contributed by atoms with E-state index in [0.717, 1.165) is 33.9 Å². The fourth-order valence-corrected chi connectivity index (χ4v) is 3.38. The number of carbonyl (C=O) groups is 1. The van der Waals surface area contributed by atoms with E-state index >= 15 is 0 Å². The zero-order valence-corrected chi connectivity index (χ0v) is 14.3. The zero-order chi connectivity index (χ0) is 17.4. The molecule has 1 heterocycles. The minimum atomic E-state index is -0.0283. The number of carbonyl (C=O) groups excluding carboxylic acids is 1. The summed E-state index contributed by atoms with van der Waals surface area (Å²) < 4.78 is 1.59. The molecule has 1 N–H and O–H groups in total. The van der Waals surface area contributed by atoms with Crippen molar-refractivity contribution in [3.05, 3.63) is 64.9 Å². The second-order valence-corrected chi connectivity index (χ2v) is 6.62. The standard InChI is InChI=1S/C18H16ClN5O/c1-11-8-12(6-7-17(11)24-10-20-22-23-24)21-18(25)15-9-14(15)13-4-2-3-5-16(13)19/h2-8,10,14-15H,9H2,1H3,(H,21,25). The Kier molecular flexibility index (Phi) is 3.97. The van der Waals surface area contributed by atoms with E-state index in [1.807, 2.05) is 49.4 Å². The van der Waals surface area contributed by atoms with Gasteiger partial charge in [0, 0.05) is 16.6 Å². The summed E-state index contributed by atoms with van der Waals surface area (Å²) in [7, 11) is 0. The van der Waals surface area contributed by atoms with Crippen molar-refractivity contribution < 1.29 is 4.79 Å². The van der Waals surface area contributed by atoms with Gasteiger partial charge in [-0.05, 0) is 65.1 Å². The van der Waals surface area contributed by atoms with Crippen LogP contribution in [0.1, 0.15) is 23.5 Å². The fraction of sp³-hybridized carbons (Fsp3) is 0.222. The van der Waals surface area contributed by atoms with Crippen molar-refractivity contribution in [1.29, 1.82) is 0 Å². The molecule has 0 radical (unpaired) electrons. The average molecular weight is 354 g/mol. The highest BCUT2D eigenvalue weighted by atomic mass is 35.5. The Morgan fingerprint density at radius 3 is 2.84 bits per heavy atom. The van der Waals surface area contributed by atoms with E-state index in [-0.39, 0.29) is 17.7 Å². The predicted molar refractivity (Wildman–Crippen MR) is 94.8 cm³/mol. The van der Waals surface area contributed by atoms with Gasteiger partial charge in [-0.1, -0.05) is 29.8 Å². The van der Waals surface area contributed by atoms with Crippen LogP contribution in [0.5, 0.6) is 0 Å². The van der Waals surface area contributed by atoms with E-state index < -0.39 is 0 Å². The number of benzene rings is 2. The molecule has 4 rings (SSSR count). The third-order valence-electron chi connectivity index (χ3n) is 4.49. The van der Waals surface area contributed by atoms with E-state index in [1.165, 1.54) is 0 Å². The first-order valence-corrected chi connectivity index (χ1v) is 8.40. The van der Waals surface area contributed by atoms with Crippen LogP contribution < -0.4 is 5.32 Å². The third kappa shape index (κ3) is 3.13. The summed E-state index contributed by atoms with van der Waals surface area (Å²) >= 11 is 6.23. The van der Waals surface area contributed by atoms with E-state index in [2.05, 4.69) is 20.8 Å². The number of rotatable bonds is 4. The van der Waals surface area contributed by atoms with E-state index in [4.69, 9.17) is 11.6 Å². The number of tetrazole rings is 1. The molecule has 6 nitrogen and oxygen atoms in total. The lowest BCUT2D eigenvalue weighted by Gasteiger charge is -2.09. The van der Waals surface area contributed by atoms with Gasteiger partial charge in [0.1, 0.15) is 6.33 Å². The number of nitrogens with one attached hydrogen (secondary N) is 1. The quantitative estimate of drug-likeness (QED) is 0.780. The van der Waals surface area contributed by atoms with Gasteiger partial charge in [-0.2, -0.15) is 0 Å². The second-order valence-electron chi connectivity index (χ2n) is 6.22. The zero-order valence-electron chi connectivity index (χ0n) is 13.6. The van der Waals surface area contributed by atoms with Crippen molar-refractivity contribution in [2.75, 3.05) is 5.32 Å². The molecule has 1 aromatic heterocycles. The van der Waals surface area contributed by atoms with Gasteiger partial charge in [0.15, 0.2) is 0 Å². The van der Waals surface area contributed by atoms with Crippen LogP contribution in [0.15, 0.2) is 48.8 Å². The van der Waals surface area contributed by atoms with Crippen LogP contribution in [0.3, 0.4) is 0 Å². The van der Waals surface area contributed by atoms with E-state index in [1.54, 1.807) is 11.0 Å². The molecule has 3 aromatic rings. The first kappa shape index (κ1) is 15.8. The Balaban J connectivity index is 1.46. The van der Waals surface area contributed by atoms with Gasteiger partial charge in [-0.15, -0.1) is 5.10 Å². The molecule has 2 atom stereocenters. The lowest BCUT2D eigenvalue weighted by atomic mass is 10.1. The van der Waals surface area contributed by atoms with E-state index in [0.29, 0.717) is 0 Å². The number of anilines is 1. The number of halogens is 1. The van der Waals surface area contributed by atoms with Crippen molar-refractivity contribution in [3.8, 4) is 5.69 Å². The number of hydrogen-bond donors (Lipinski definition) is 1. The molecule has 1 amide bonds. The van der Waals surface area contributed by atoms with Gasteiger partial charge in [0.05, 0.1) is 5.69 Å². The summed E-state index contributed by atoms with van der Waals surface area (Å²) in [6.07, 6.45) is 2.37. The summed E-state index contributed by atoms with van der Waals surface area (Å²) in [5, 5.41) is 14.9. The SMILES string of the molecule is Cc1cc(NC(=O)C2CC2c2ccccc2Cl)ccc1-n1cnnn1. The van der Waals surface area contributed by atoms with Crippen LogP contribution in [-0.2, 0) is 4.79 Å². The molecule has 0 saturated heterocycles. The van der Waals surface area contributed by atoms with Crippen molar-refractivity contribution >= 4 is 23.2 Å². The molecule has 2 unspecified atom stereocenters. The molecule has 2 aromatic carbocycles. The van der Waals surface area contributed by atoms with Gasteiger partial charge in [0.2, 0.25) is 5.91 Å². The Morgan fingerprint density at radius 2 is 2.12 bits per heavy atom. The molecular weight excluding hydrogens is 338 g/mol. The molecule has 1 aliphatic rings. The van der Waals surface area contributed by atoms with Gasteiger partial charge in [0.25, 0.3) is 0 Å². The van der Waals surface area contributed by atoms with Crippen LogP contribution in [0.2, 0.25) is 5.02 Å². The highest BCUT2D eigenvalue weighted by Crippen LogP contribution is 2.50. The van der Waals surface area contributed by atoms with Crippen LogP contribution >= 0.6 is 11.6 Å². The topological polar surface area (TPSA) is 72.7 Å². The Labute approximate surface area is 149 Å². The molecule has 0 bridgehead atoms. The molecular formula is C18H16ClN5O. The first-order chi connectivity index (χ1) is 12.1. The van der Waals surface area contributed by atoms with Crippen LogP contribution in [-0.4, -0.2) is 26.1 Å². The number of amides is 1. The molecule has 0 aliphatic heterocycles. The molecule has 25 heavy (non-hydrogen) atoms. The van der Waals surface area contributed by atoms with Crippen molar-refractivity contribution in [2.45, 2.75) is 19.3 Å². The normalized spacial score (nSPS) is 18.8. The molecule has 1 aliphatic carbocycles. The van der Waals surface area contributed by atoms with Crippen molar-refractivity contribution in [1.82, 2.24) is 20.2 Å². The number of nitrogens with zero attached hydrogens (tertiary/aromatic N) is 4. The molecule has 1 saturated carbocycles. The largest absolute Gasteiger partial charge is 0.326 e. The maximum atomic E-state index is 12.5. The van der Waals surface area contributed by atoms with Gasteiger partial charge in [-0.25, -0.2) is 4.68 Å². The molecule has 1 fully saturated rings. The second kappa shape index (κ2) is 6.29. The molecule has 0 spiro atoms. The number of aryl methyl sites for hydroxylation is 1. The van der Waals surface area contributed by atoms with Gasteiger partial charge in [-0.3, -0.25) is 4.79 Å². The summed E-state index contributed by atoms with van der Waals surface area (Å²) in [6.45, 7) is 1.95. The smallest absolute Gasteiger partial charge is 0.228 e. The monoisotopic (exact) mass is 353 g/mol. The van der Waals surface area contributed by atoms with Crippen molar-refractivity contribution in [3.63, 3.8) is 0 Å². The number of hydrogen-bond acceptors (Lipinski definition) is 4. The predicted octanol–water partition coefficient (Wildman–Crippen LogP) is 3.37. The maximum Gasteiger partial charge on any atom is 0.228 e. The van der Waals surface area contributed by atoms with Crippen LogP contribution in [0.4, 0.5) is 5.69 Å². The Bertz CT molecular complexity index is 925. The fourth-order valence-electron chi connectivity index (χ4n) is 3.10. The first-order valence-electron chi connectivity index (χ1n) is 8.03. The summed E-state index contributed by atoms with van der Waals surface area (Å²) in [6, 6.07) is 13.4. The highest BCUT2D eigenvalue weighted by Gasteiger charge is 2.44. The van der Waals surface area contributed by atoms with Gasteiger partial charge < -0.3 is 5.32 Å². The highest BCUT2D eigenvalue weighted by molar-refractivity contribution is 6.31. The Hall–Kier alpha value is -2.73. The number of aromatic nitrogens is 4. The summed E-state index contributed by atoms with van der Waals surface area (Å²) in [4.78, 5) is 12.5. The van der Waals surface area contributed by atoms with E-state index in [9.17, 15) is 4.79 Å².